The summed E-state index contributed by atoms with van der Waals surface area (Å²) >= 11 is 0. The largest absolute Gasteiger partial charge is 0.444 e. The molecule has 0 aromatic carbocycles. The third kappa shape index (κ3) is 2.45. The predicted molar refractivity (Wildman–Crippen MR) is 82.9 cm³/mol. The smallest absolute Gasteiger partial charge is 0.204 e. The molecule has 0 amide bonds. The number of allylic oxidation sites excluding steroid dienone is 5. The van der Waals surface area contributed by atoms with Crippen LogP contribution < -0.4 is 5.73 Å². The summed E-state index contributed by atoms with van der Waals surface area (Å²) in [6.45, 7) is 4.13. The Bertz CT molecular complexity index is 646. The molecule has 0 spiro atoms. The van der Waals surface area contributed by atoms with Crippen molar-refractivity contribution in [2.45, 2.75) is 46.0 Å². The van der Waals surface area contributed by atoms with Gasteiger partial charge in [0.25, 0.3) is 0 Å². The molecule has 4 heteroatoms. The van der Waals surface area contributed by atoms with Gasteiger partial charge >= 0.3 is 0 Å². The van der Waals surface area contributed by atoms with Gasteiger partial charge in [-0.2, -0.15) is 5.26 Å². The van der Waals surface area contributed by atoms with Gasteiger partial charge in [-0.15, -0.1) is 0 Å². The van der Waals surface area contributed by atoms with Crippen molar-refractivity contribution in [1.29, 1.82) is 5.26 Å². The van der Waals surface area contributed by atoms with Crippen LogP contribution in [0.3, 0.4) is 0 Å². The molecule has 0 saturated heterocycles. The third-order valence-corrected chi connectivity index (χ3v) is 4.84. The van der Waals surface area contributed by atoms with Crippen LogP contribution in [0.15, 0.2) is 34.9 Å². The van der Waals surface area contributed by atoms with E-state index in [1.165, 1.54) is 0 Å². The lowest BCUT2D eigenvalue weighted by atomic mass is 9.67. The van der Waals surface area contributed by atoms with Crippen LogP contribution >= 0.6 is 0 Å². The maximum absolute atomic E-state index is 12.7. The van der Waals surface area contributed by atoms with Crippen molar-refractivity contribution in [3.8, 4) is 6.07 Å². The average molecular weight is 298 g/mol. The Morgan fingerprint density at radius 3 is 2.82 bits per heavy atom. The summed E-state index contributed by atoms with van der Waals surface area (Å²) in [6.07, 6.45) is 8.61. The standard InChI is InChI=1S/C18H22N2O2/c1-18(2)8-13(21)16-14(9-18)22-17(20)12(10-19)15(16)11-6-4-3-5-7-11/h4,6,11,15H,3,5,7-9,20H2,1-2H3/t11-,15-/m0/s1. The van der Waals surface area contributed by atoms with E-state index in [-0.39, 0.29) is 28.9 Å². The number of carbonyl (C=O) groups is 1. The van der Waals surface area contributed by atoms with Gasteiger partial charge in [0.15, 0.2) is 5.78 Å². The lowest BCUT2D eigenvalue weighted by molar-refractivity contribution is -0.119. The summed E-state index contributed by atoms with van der Waals surface area (Å²) in [5.41, 5.74) is 6.99. The highest BCUT2D eigenvalue weighted by Crippen LogP contribution is 2.47. The van der Waals surface area contributed by atoms with Crippen molar-refractivity contribution < 1.29 is 9.53 Å². The highest BCUT2D eigenvalue weighted by Gasteiger charge is 2.44. The Morgan fingerprint density at radius 2 is 2.18 bits per heavy atom. The molecule has 0 unspecified atom stereocenters. The minimum absolute atomic E-state index is 0.107. The summed E-state index contributed by atoms with van der Waals surface area (Å²) in [5.74, 6) is 0.905. The van der Waals surface area contributed by atoms with Crippen LogP contribution in [0, 0.1) is 28.6 Å². The van der Waals surface area contributed by atoms with Gasteiger partial charge in [-0.1, -0.05) is 26.0 Å². The Morgan fingerprint density at radius 1 is 1.41 bits per heavy atom. The van der Waals surface area contributed by atoms with E-state index in [1.807, 2.05) is 0 Å². The van der Waals surface area contributed by atoms with Crippen molar-refractivity contribution in [2.75, 3.05) is 0 Å². The molecule has 116 valence electrons. The minimum Gasteiger partial charge on any atom is -0.444 e. The van der Waals surface area contributed by atoms with Gasteiger partial charge in [0.1, 0.15) is 11.8 Å². The number of rotatable bonds is 1. The van der Waals surface area contributed by atoms with Crippen molar-refractivity contribution in [2.24, 2.45) is 23.0 Å². The van der Waals surface area contributed by atoms with Gasteiger partial charge in [-0.3, -0.25) is 4.79 Å². The van der Waals surface area contributed by atoms with Gasteiger partial charge in [0.05, 0.1) is 5.57 Å². The highest BCUT2D eigenvalue weighted by atomic mass is 16.5. The Hall–Kier alpha value is -2.02. The topological polar surface area (TPSA) is 76.1 Å². The molecular formula is C18H22N2O2. The Kier molecular flexibility index (Phi) is 3.60. The molecule has 1 heterocycles. The molecule has 2 atom stereocenters. The predicted octanol–water partition coefficient (Wildman–Crippen LogP) is 3.33. The second-order valence-corrected chi connectivity index (χ2v) is 7.27. The molecule has 4 nitrogen and oxygen atoms in total. The van der Waals surface area contributed by atoms with Gasteiger partial charge in [0, 0.05) is 24.3 Å². The maximum Gasteiger partial charge on any atom is 0.204 e. The van der Waals surface area contributed by atoms with Gasteiger partial charge in [-0.25, -0.2) is 0 Å². The molecule has 2 N–H and O–H groups in total. The molecule has 3 aliphatic rings. The van der Waals surface area contributed by atoms with E-state index < -0.39 is 0 Å². The summed E-state index contributed by atoms with van der Waals surface area (Å²) in [6, 6.07) is 2.18. The second-order valence-electron chi connectivity index (χ2n) is 7.27. The van der Waals surface area contributed by atoms with E-state index >= 15 is 0 Å². The number of ether oxygens (including phenoxy) is 1. The average Bonchev–Trinajstić information content (AvgIpc) is 2.45. The van der Waals surface area contributed by atoms with Crippen LogP contribution in [0.25, 0.3) is 0 Å². The molecule has 0 aromatic heterocycles. The fourth-order valence-corrected chi connectivity index (χ4v) is 3.87. The fourth-order valence-electron chi connectivity index (χ4n) is 3.87. The highest BCUT2D eigenvalue weighted by molar-refractivity contribution is 5.98. The molecule has 0 radical (unpaired) electrons. The monoisotopic (exact) mass is 298 g/mol. The number of hydrogen-bond acceptors (Lipinski definition) is 4. The summed E-state index contributed by atoms with van der Waals surface area (Å²) in [7, 11) is 0. The Balaban J connectivity index is 2.09. The number of nitriles is 1. The summed E-state index contributed by atoms with van der Waals surface area (Å²) in [4.78, 5) is 12.7. The Labute approximate surface area is 131 Å². The van der Waals surface area contributed by atoms with Crippen LogP contribution in [-0.4, -0.2) is 5.78 Å². The third-order valence-electron chi connectivity index (χ3n) is 4.84. The van der Waals surface area contributed by atoms with E-state index in [0.29, 0.717) is 29.7 Å². The van der Waals surface area contributed by atoms with Crippen LogP contribution in [-0.2, 0) is 9.53 Å². The summed E-state index contributed by atoms with van der Waals surface area (Å²) in [5, 5.41) is 9.52. The lowest BCUT2D eigenvalue weighted by Crippen LogP contribution is -2.36. The minimum atomic E-state index is -0.228. The quantitative estimate of drug-likeness (QED) is 0.753. The SMILES string of the molecule is CC1(C)CC(=O)C2=C(C1)OC(N)=C(C#N)[C@@H]2[C@H]1C=CCCC1. The molecule has 0 saturated carbocycles. The first-order chi connectivity index (χ1) is 10.4. The number of nitrogens with two attached hydrogens (primary N) is 1. The number of Topliss-reactive ketones (excluding diaryl/α,β-unsaturated/α-hetero) is 1. The van der Waals surface area contributed by atoms with Crippen LogP contribution in [0.2, 0.25) is 0 Å². The fraction of sp³-hybridized carbons (Fsp3) is 0.556. The number of ketones is 1. The number of carbonyl (C=O) groups excluding carboxylic acids is 1. The zero-order chi connectivity index (χ0) is 15.9. The van der Waals surface area contributed by atoms with Crippen LogP contribution in [0.5, 0.6) is 0 Å². The molecule has 1 aliphatic heterocycles. The molecule has 0 bridgehead atoms. The normalized spacial score (nSPS) is 30.7. The van der Waals surface area contributed by atoms with E-state index in [4.69, 9.17) is 10.5 Å². The zero-order valence-corrected chi connectivity index (χ0v) is 13.2. The van der Waals surface area contributed by atoms with Gasteiger partial charge in [0.2, 0.25) is 5.88 Å². The number of hydrogen-bond donors (Lipinski definition) is 1. The van der Waals surface area contributed by atoms with E-state index in [1.54, 1.807) is 0 Å². The van der Waals surface area contributed by atoms with Crippen molar-refractivity contribution in [1.82, 2.24) is 0 Å². The van der Waals surface area contributed by atoms with Crippen LogP contribution in [0.4, 0.5) is 0 Å². The lowest BCUT2D eigenvalue weighted by Gasteiger charge is -2.39. The maximum atomic E-state index is 12.7. The number of nitrogens with zero attached hydrogens (tertiary/aromatic N) is 1. The van der Waals surface area contributed by atoms with E-state index in [0.717, 1.165) is 19.3 Å². The van der Waals surface area contributed by atoms with Gasteiger partial charge < -0.3 is 10.5 Å². The second kappa shape index (κ2) is 5.31. The zero-order valence-electron chi connectivity index (χ0n) is 13.2. The molecule has 0 fully saturated rings. The first kappa shape index (κ1) is 14.9. The van der Waals surface area contributed by atoms with Crippen molar-refractivity contribution >= 4 is 5.78 Å². The molecule has 0 aromatic rings. The van der Waals surface area contributed by atoms with E-state index in [9.17, 15) is 10.1 Å². The molecular weight excluding hydrogens is 276 g/mol. The van der Waals surface area contributed by atoms with Gasteiger partial charge in [-0.05, 0) is 30.6 Å². The van der Waals surface area contributed by atoms with E-state index in [2.05, 4.69) is 32.1 Å². The van der Waals surface area contributed by atoms with Crippen molar-refractivity contribution in [3.05, 3.63) is 34.9 Å². The molecule has 2 aliphatic carbocycles. The molecule has 3 rings (SSSR count). The van der Waals surface area contributed by atoms with Crippen molar-refractivity contribution in [3.63, 3.8) is 0 Å². The van der Waals surface area contributed by atoms with Crippen LogP contribution in [0.1, 0.15) is 46.0 Å². The first-order valence-corrected chi connectivity index (χ1v) is 7.93. The molecule has 22 heavy (non-hydrogen) atoms. The summed E-state index contributed by atoms with van der Waals surface area (Å²) < 4.78 is 5.69. The first-order valence-electron chi connectivity index (χ1n) is 7.93.